The zero-order chi connectivity index (χ0) is 9.97. The maximum absolute atomic E-state index is 5.53. The molecule has 2 aromatic heterocycles. The molecule has 2 heterocycles. The molecule has 0 bridgehead atoms. The van der Waals surface area contributed by atoms with Crippen LogP contribution in [0.3, 0.4) is 0 Å². The third-order valence-electron chi connectivity index (χ3n) is 1.54. The van der Waals surface area contributed by atoms with E-state index in [0.29, 0.717) is 11.1 Å². The van der Waals surface area contributed by atoms with Gasteiger partial charge in [0.2, 0.25) is 11.9 Å². The van der Waals surface area contributed by atoms with E-state index < -0.39 is 0 Å². The van der Waals surface area contributed by atoms with Crippen molar-refractivity contribution in [1.29, 1.82) is 0 Å². The van der Waals surface area contributed by atoms with Gasteiger partial charge in [-0.15, -0.1) is 0 Å². The van der Waals surface area contributed by atoms with E-state index in [1.807, 2.05) is 6.26 Å². The van der Waals surface area contributed by atoms with Gasteiger partial charge in [0.25, 0.3) is 0 Å². The van der Waals surface area contributed by atoms with Gasteiger partial charge in [-0.3, -0.25) is 4.57 Å². The van der Waals surface area contributed by atoms with Crippen LogP contribution >= 0.6 is 11.8 Å². The van der Waals surface area contributed by atoms with Crippen LogP contribution in [0.1, 0.15) is 0 Å². The van der Waals surface area contributed by atoms with Crippen LogP contribution in [0.4, 0.5) is 5.95 Å². The minimum Gasteiger partial charge on any atom is -0.368 e. The second kappa shape index (κ2) is 3.62. The molecule has 0 saturated heterocycles. The number of nitrogens with two attached hydrogens (primary N) is 1. The van der Waals surface area contributed by atoms with Gasteiger partial charge < -0.3 is 5.73 Å². The molecule has 2 rings (SSSR count). The van der Waals surface area contributed by atoms with Gasteiger partial charge in [0.05, 0.1) is 0 Å². The molecule has 0 radical (unpaired) electrons. The molecular formula is C7H8N6S. The van der Waals surface area contributed by atoms with Gasteiger partial charge in [0.1, 0.15) is 6.33 Å². The maximum Gasteiger partial charge on any atom is 0.240 e. The first-order valence-electron chi connectivity index (χ1n) is 3.83. The predicted molar refractivity (Wildman–Crippen MR) is 53.1 cm³/mol. The standard InChI is InChI=1S/C7H8N6S/c1-14-7-11-5(8)10-6(12-7)13-3-2-9-4-13/h2-4H,1H3,(H2,8,10,11,12). The number of anilines is 1. The average Bonchev–Trinajstić information content (AvgIpc) is 2.69. The Kier molecular flexibility index (Phi) is 2.32. The molecule has 2 aromatic rings. The van der Waals surface area contributed by atoms with Crippen molar-refractivity contribution in [2.75, 3.05) is 12.0 Å². The molecule has 0 fully saturated rings. The fourth-order valence-electron chi connectivity index (χ4n) is 0.945. The molecule has 2 N–H and O–H groups in total. The van der Waals surface area contributed by atoms with Gasteiger partial charge in [-0.25, -0.2) is 4.98 Å². The third-order valence-corrected chi connectivity index (χ3v) is 2.09. The number of thioether (sulfide) groups is 1. The fraction of sp³-hybridized carbons (Fsp3) is 0.143. The molecule has 0 aliphatic heterocycles. The van der Waals surface area contributed by atoms with Crippen molar-refractivity contribution in [2.24, 2.45) is 0 Å². The lowest BCUT2D eigenvalue weighted by Crippen LogP contribution is -2.05. The molecule has 14 heavy (non-hydrogen) atoms. The maximum atomic E-state index is 5.53. The quantitative estimate of drug-likeness (QED) is 0.717. The summed E-state index contributed by atoms with van der Waals surface area (Å²) < 4.78 is 1.68. The van der Waals surface area contributed by atoms with Gasteiger partial charge in [-0.05, 0) is 6.26 Å². The van der Waals surface area contributed by atoms with E-state index in [1.165, 1.54) is 11.8 Å². The van der Waals surface area contributed by atoms with Crippen LogP contribution in [0, 0.1) is 0 Å². The second-order valence-corrected chi connectivity index (χ2v) is 3.22. The van der Waals surface area contributed by atoms with Crippen LogP contribution in [0.2, 0.25) is 0 Å². The molecule has 72 valence electrons. The van der Waals surface area contributed by atoms with E-state index in [-0.39, 0.29) is 5.95 Å². The van der Waals surface area contributed by atoms with Crippen LogP contribution in [0.15, 0.2) is 23.9 Å². The normalized spacial score (nSPS) is 10.4. The summed E-state index contributed by atoms with van der Waals surface area (Å²) in [4.78, 5) is 16.0. The largest absolute Gasteiger partial charge is 0.368 e. The Balaban J connectivity index is 2.48. The molecule has 0 spiro atoms. The van der Waals surface area contributed by atoms with Crippen LogP contribution in [0.25, 0.3) is 5.95 Å². The predicted octanol–water partition coefficient (Wildman–Crippen LogP) is 0.361. The third kappa shape index (κ3) is 1.67. The Morgan fingerprint density at radius 2 is 2.21 bits per heavy atom. The Hall–Kier alpha value is -1.63. The lowest BCUT2D eigenvalue weighted by Gasteiger charge is -2.02. The number of hydrogen-bond donors (Lipinski definition) is 1. The summed E-state index contributed by atoms with van der Waals surface area (Å²) in [5.41, 5.74) is 5.53. The van der Waals surface area contributed by atoms with Crippen molar-refractivity contribution in [2.45, 2.75) is 5.16 Å². The number of imidazole rings is 1. The lowest BCUT2D eigenvalue weighted by molar-refractivity contribution is 0.833. The highest BCUT2D eigenvalue weighted by Crippen LogP contribution is 2.11. The van der Waals surface area contributed by atoms with Crippen molar-refractivity contribution in [3.05, 3.63) is 18.7 Å². The summed E-state index contributed by atoms with van der Waals surface area (Å²) in [6.45, 7) is 0. The van der Waals surface area contributed by atoms with Gasteiger partial charge in [0, 0.05) is 12.4 Å². The minimum atomic E-state index is 0.216. The second-order valence-electron chi connectivity index (χ2n) is 2.45. The number of rotatable bonds is 2. The molecule has 0 atom stereocenters. The van der Waals surface area contributed by atoms with E-state index >= 15 is 0 Å². The van der Waals surface area contributed by atoms with E-state index in [0.717, 1.165) is 0 Å². The topological polar surface area (TPSA) is 82.5 Å². The summed E-state index contributed by atoms with van der Waals surface area (Å²) in [6, 6.07) is 0. The van der Waals surface area contributed by atoms with Crippen LogP contribution in [0.5, 0.6) is 0 Å². The first-order valence-corrected chi connectivity index (χ1v) is 5.06. The molecule has 0 unspecified atom stereocenters. The van der Waals surface area contributed by atoms with Crippen LogP contribution in [-0.4, -0.2) is 30.8 Å². The van der Waals surface area contributed by atoms with Crippen molar-refractivity contribution >= 4 is 17.7 Å². The number of nitrogen functional groups attached to an aromatic ring is 1. The Labute approximate surface area is 84.6 Å². The van der Waals surface area contributed by atoms with Crippen molar-refractivity contribution in [3.8, 4) is 5.95 Å². The SMILES string of the molecule is CSc1nc(N)nc(-n2ccnc2)n1. The smallest absolute Gasteiger partial charge is 0.240 e. The molecule has 0 amide bonds. The Morgan fingerprint density at radius 3 is 2.86 bits per heavy atom. The molecule has 0 aliphatic carbocycles. The molecule has 7 heteroatoms. The highest BCUT2D eigenvalue weighted by Gasteiger charge is 2.04. The Morgan fingerprint density at radius 1 is 1.36 bits per heavy atom. The molecule has 0 saturated carbocycles. The average molecular weight is 208 g/mol. The molecule has 0 aromatic carbocycles. The van der Waals surface area contributed by atoms with E-state index in [2.05, 4.69) is 19.9 Å². The van der Waals surface area contributed by atoms with Gasteiger partial charge >= 0.3 is 0 Å². The lowest BCUT2D eigenvalue weighted by atomic mass is 10.8. The minimum absolute atomic E-state index is 0.216. The summed E-state index contributed by atoms with van der Waals surface area (Å²) in [5, 5.41) is 0.598. The summed E-state index contributed by atoms with van der Waals surface area (Å²) in [7, 11) is 0. The highest BCUT2D eigenvalue weighted by atomic mass is 32.2. The number of aromatic nitrogens is 5. The van der Waals surface area contributed by atoms with Crippen LogP contribution < -0.4 is 5.73 Å². The summed E-state index contributed by atoms with van der Waals surface area (Å²) in [5.74, 6) is 0.701. The van der Waals surface area contributed by atoms with Gasteiger partial charge in [-0.2, -0.15) is 15.0 Å². The summed E-state index contributed by atoms with van der Waals surface area (Å²) in [6.07, 6.45) is 6.89. The van der Waals surface area contributed by atoms with Crippen LogP contribution in [-0.2, 0) is 0 Å². The summed E-state index contributed by atoms with van der Waals surface area (Å²) >= 11 is 1.42. The zero-order valence-corrected chi connectivity index (χ0v) is 8.27. The first-order chi connectivity index (χ1) is 6.79. The van der Waals surface area contributed by atoms with Crippen molar-refractivity contribution < 1.29 is 0 Å². The van der Waals surface area contributed by atoms with E-state index in [9.17, 15) is 0 Å². The van der Waals surface area contributed by atoms with E-state index in [4.69, 9.17) is 5.73 Å². The monoisotopic (exact) mass is 208 g/mol. The molecule has 6 nitrogen and oxygen atoms in total. The molecular weight excluding hydrogens is 200 g/mol. The van der Waals surface area contributed by atoms with Gasteiger partial charge in [0.15, 0.2) is 5.16 Å². The zero-order valence-electron chi connectivity index (χ0n) is 7.45. The highest BCUT2D eigenvalue weighted by molar-refractivity contribution is 7.98. The van der Waals surface area contributed by atoms with Crippen molar-refractivity contribution in [3.63, 3.8) is 0 Å². The Bertz CT molecular complexity index is 426. The first kappa shape index (κ1) is 8.95. The number of nitrogens with zero attached hydrogens (tertiary/aromatic N) is 5. The number of hydrogen-bond acceptors (Lipinski definition) is 6. The van der Waals surface area contributed by atoms with E-state index in [1.54, 1.807) is 23.3 Å². The molecule has 0 aliphatic rings. The fourth-order valence-corrected chi connectivity index (χ4v) is 1.30. The van der Waals surface area contributed by atoms with Gasteiger partial charge in [-0.1, -0.05) is 11.8 Å². The van der Waals surface area contributed by atoms with Crippen molar-refractivity contribution in [1.82, 2.24) is 24.5 Å².